The molecular weight excluding hydrogens is 256 g/mol. The van der Waals surface area contributed by atoms with Crippen LogP contribution in [0.1, 0.15) is 46.0 Å². The predicted octanol–water partition coefficient (Wildman–Crippen LogP) is 1.68. The van der Waals surface area contributed by atoms with Crippen LogP contribution in [0, 0.1) is 0 Å². The molecule has 0 saturated carbocycles. The lowest BCUT2D eigenvalue weighted by Gasteiger charge is -2.19. The number of thiol groups is 1. The number of unbranched alkanes of at least 4 members (excludes halogenated alkanes) is 2. The van der Waals surface area contributed by atoms with Crippen molar-refractivity contribution >= 4 is 24.6 Å². The molecule has 0 aliphatic rings. The summed E-state index contributed by atoms with van der Waals surface area (Å²) in [5, 5.41) is 9.70. The fraction of sp³-hybridized carbons (Fsp3) is 0.833. The Morgan fingerprint density at radius 2 is 1.61 bits per heavy atom. The maximum absolute atomic E-state index is 11.4. The van der Waals surface area contributed by atoms with Gasteiger partial charge in [-0.25, -0.2) is 4.79 Å². The predicted molar refractivity (Wildman–Crippen MR) is 70.3 cm³/mol. The second kappa shape index (κ2) is 9.22. The summed E-state index contributed by atoms with van der Waals surface area (Å²) in [6, 6.07) is 0. The van der Waals surface area contributed by atoms with Crippen molar-refractivity contribution in [1.29, 1.82) is 0 Å². The summed E-state index contributed by atoms with van der Waals surface area (Å²) in [5.74, 6) is -1.57. The van der Waals surface area contributed by atoms with Crippen molar-refractivity contribution in [3.63, 3.8) is 0 Å². The average molecular weight is 278 g/mol. The zero-order valence-corrected chi connectivity index (χ0v) is 11.9. The molecule has 0 saturated heterocycles. The number of carbonyl (C=O) groups excluding carboxylic acids is 2. The first kappa shape index (κ1) is 17.2. The van der Waals surface area contributed by atoms with Crippen LogP contribution >= 0.6 is 12.6 Å². The highest BCUT2D eigenvalue weighted by Crippen LogP contribution is 2.18. The van der Waals surface area contributed by atoms with Crippen molar-refractivity contribution in [2.24, 2.45) is 0 Å². The van der Waals surface area contributed by atoms with Gasteiger partial charge in [0.25, 0.3) is 0 Å². The van der Waals surface area contributed by atoms with E-state index < -0.39 is 23.3 Å². The molecule has 0 aromatic rings. The van der Waals surface area contributed by atoms with E-state index in [1.165, 1.54) is 0 Å². The summed E-state index contributed by atoms with van der Waals surface area (Å²) in [5.41, 5.74) is 0. The Balaban J connectivity index is 4.03. The summed E-state index contributed by atoms with van der Waals surface area (Å²) in [6.45, 7) is 4.41. The van der Waals surface area contributed by atoms with Crippen molar-refractivity contribution in [3.8, 4) is 0 Å². The molecule has 0 aromatic carbocycles. The Morgan fingerprint density at radius 3 is 2.11 bits per heavy atom. The fourth-order valence-corrected chi connectivity index (χ4v) is 1.27. The van der Waals surface area contributed by atoms with Crippen LogP contribution in [0.4, 0.5) is 0 Å². The zero-order chi connectivity index (χ0) is 14.0. The van der Waals surface area contributed by atoms with Gasteiger partial charge in [0.15, 0.2) is 0 Å². The molecule has 0 fully saturated rings. The Hall–Kier alpha value is -0.750. The van der Waals surface area contributed by atoms with Gasteiger partial charge in [0, 0.05) is 0 Å². The Morgan fingerprint density at radius 1 is 1.11 bits per heavy atom. The van der Waals surface area contributed by atoms with Gasteiger partial charge in [-0.3, -0.25) is 4.79 Å². The largest absolute Gasteiger partial charge is 0.466 e. The van der Waals surface area contributed by atoms with Crippen molar-refractivity contribution in [2.45, 2.75) is 50.9 Å². The van der Waals surface area contributed by atoms with E-state index in [2.05, 4.69) is 12.6 Å². The smallest absolute Gasteiger partial charge is 0.349 e. The van der Waals surface area contributed by atoms with Crippen LogP contribution in [-0.2, 0) is 19.1 Å². The van der Waals surface area contributed by atoms with Crippen LogP contribution in [-0.4, -0.2) is 35.2 Å². The number of hydrogen-bond donors (Lipinski definition) is 2. The third kappa shape index (κ3) is 7.55. The summed E-state index contributed by atoms with van der Waals surface area (Å²) in [4.78, 5) is 20.7. The molecule has 106 valence electrons. The van der Waals surface area contributed by atoms with Crippen molar-refractivity contribution in [3.05, 3.63) is 0 Å². The minimum absolute atomic E-state index is 0.211. The molecule has 0 amide bonds. The monoisotopic (exact) mass is 278 g/mol. The lowest BCUT2D eigenvalue weighted by Crippen LogP contribution is -2.37. The lowest BCUT2D eigenvalue weighted by atomic mass is 10.2. The van der Waals surface area contributed by atoms with Crippen LogP contribution in [0.15, 0.2) is 0 Å². The van der Waals surface area contributed by atoms with Crippen LogP contribution in [0.3, 0.4) is 0 Å². The number of esters is 2. The van der Waals surface area contributed by atoms with Crippen LogP contribution in [0.5, 0.6) is 0 Å². The van der Waals surface area contributed by atoms with E-state index in [1.54, 1.807) is 0 Å². The minimum Gasteiger partial charge on any atom is -0.466 e. The molecule has 18 heavy (non-hydrogen) atoms. The van der Waals surface area contributed by atoms with E-state index >= 15 is 0 Å². The third-order valence-corrected chi connectivity index (χ3v) is 2.55. The van der Waals surface area contributed by atoms with Crippen molar-refractivity contribution < 1.29 is 24.2 Å². The first-order valence-electron chi connectivity index (χ1n) is 6.21. The first-order chi connectivity index (χ1) is 8.44. The number of hydrogen-bond acceptors (Lipinski definition) is 6. The molecule has 0 aromatic heterocycles. The molecule has 0 radical (unpaired) electrons. The average Bonchev–Trinajstić information content (AvgIpc) is 2.28. The molecule has 1 N–H and O–H groups in total. The maximum Gasteiger partial charge on any atom is 0.349 e. The van der Waals surface area contributed by atoms with Gasteiger partial charge in [-0.1, -0.05) is 26.7 Å². The molecule has 0 aliphatic carbocycles. The topological polar surface area (TPSA) is 72.8 Å². The second-order valence-electron chi connectivity index (χ2n) is 4.06. The first-order valence-corrected chi connectivity index (χ1v) is 6.66. The van der Waals surface area contributed by atoms with Crippen LogP contribution in [0.25, 0.3) is 0 Å². The van der Waals surface area contributed by atoms with E-state index in [-0.39, 0.29) is 13.2 Å². The molecule has 0 rings (SSSR count). The number of rotatable bonds is 9. The van der Waals surface area contributed by atoms with E-state index in [9.17, 15) is 14.7 Å². The van der Waals surface area contributed by atoms with E-state index in [0.717, 1.165) is 19.3 Å². The molecular formula is C12H22O5S. The normalized spacial score (nSPS) is 13.8. The molecule has 0 bridgehead atoms. The molecule has 1 atom stereocenters. The van der Waals surface area contributed by atoms with Crippen molar-refractivity contribution in [2.75, 3.05) is 13.2 Å². The quantitative estimate of drug-likeness (QED) is 0.290. The Labute approximate surface area is 113 Å². The zero-order valence-electron chi connectivity index (χ0n) is 11.0. The van der Waals surface area contributed by atoms with Gasteiger partial charge in [0.2, 0.25) is 4.93 Å². The van der Waals surface area contributed by atoms with Gasteiger partial charge < -0.3 is 14.6 Å². The van der Waals surface area contributed by atoms with Crippen LogP contribution < -0.4 is 0 Å². The summed E-state index contributed by atoms with van der Waals surface area (Å²) in [6.07, 6.45) is 2.72. The van der Waals surface area contributed by atoms with E-state index in [0.29, 0.717) is 6.42 Å². The molecule has 0 heterocycles. The van der Waals surface area contributed by atoms with E-state index in [1.807, 2.05) is 13.8 Å². The Bertz CT molecular complexity index is 265. The molecule has 0 aliphatic heterocycles. The summed E-state index contributed by atoms with van der Waals surface area (Å²) < 4.78 is 9.64. The minimum atomic E-state index is -2.11. The highest BCUT2D eigenvalue weighted by molar-refractivity contribution is 7.82. The summed E-state index contributed by atoms with van der Waals surface area (Å²) >= 11 is 3.75. The Kier molecular flexibility index (Phi) is 8.83. The third-order valence-electron chi connectivity index (χ3n) is 2.21. The van der Waals surface area contributed by atoms with Gasteiger partial charge in [-0.2, -0.15) is 0 Å². The number of carbonyl (C=O) groups is 2. The van der Waals surface area contributed by atoms with Crippen molar-refractivity contribution in [1.82, 2.24) is 0 Å². The highest BCUT2D eigenvalue weighted by Gasteiger charge is 2.36. The summed E-state index contributed by atoms with van der Waals surface area (Å²) in [7, 11) is 0. The van der Waals surface area contributed by atoms with Gasteiger partial charge in [0.05, 0.1) is 19.6 Å². The van der Waals surface area contributed by atoms with Gasteiger partial charge in [-0.05, 0) is 12.8 Å². The molecule has 6 heteroatoms. The van der Waals surface area contributed by atoms with Gasteiger partial charge >= 0.3 is 11.9 Å². The molecule has 5 nitrogen and oxygen atoms in total. The fourth-order valence-electron chi connectivity index (χ4n) is 1.08. The van der Waals surface area contributed by atoms with Gasteiger partial charge in [0.1, 0.15) is 0 Å². The maximum atomic E-state index is 11.4. The second-order valence-corrected chi connectivity index (χ2v) is 4.80. The van der Waals surface area contributed by atoms with E-state index in [4.69, 9.17) is 9.47 Å². The van der Waals surface area contributed by atoms with Gasteiger partial charge in [-0.15, -0.1) is 12.6 Å². The van der Waals surface area contributed by atoms with Crippen LogP contribution in [0.2, 0.25) is 0 Å². The lowest BCUT2D eigenvalue weighted by molar-refractivity contribution is -0.163. The number of ether oxygens (including phenoxy) is 2. The number of aliphatic hydroxyl groups is 1. The molecule has 1 unspecified atom stereocenters. The standard InChI is InChI=1S/C12H22O5S/c1-3-5-7-16-10(13)9-12(15,18)11(14)17-8-6-4-2/h15,18H,3-9H2,1-2H3. The highest BCUT2D eigenvalue weighted by atomic mass is 32.1. The SMILES string of the molecule is CCCCOC(=O)CC(O)(S)C(=O)OCCCC. The molecule has 0 spiro atoms.